The minimum absolute atomic E-state index is 0.0398. The van der Waals surface area contributed by atoms with E-state index in [1.54, 1.807) is 4.90 Å². The molecule has 1 aliphatic heterocycles. The fraction of sp³-hybridized carbons (Fsp3) is 0.476. The van der Waals surface area contributed by atoms with Gasteiger partial charge in [0.1, 0.15) is 0 Å². The molecule has 0 aliphatic carbocycles. The van der Waals surface area contributed by atoms with E-state index in [-0.39, 0.29) is 11.9 Å². The van der Waals surface area contributed by atoms with Crippen molar-refractivity contribution in [3.63, 3.8) is 0 Å². The Hall–Kier alpha value is -2.67. The summed E-state index contributed by atoms with van der Waals surface area (Å²) in [6.07, 6.45) is 3.99. The Bertz CT molecular complexity index is 908. The van der Waals surface area contributed by atoms with Gasteiger partial charge < -0.3 is 9.88 Å². The molecule has 28 heavy (non-hydrogen) atoms. The van der Waals surface area contributed by atoms with Gasteiger partial charge in [-0.2, -0.15) is 0 Å². The highest BCUT2D eigenvalue weighted by molar-refractivity contribution is 5.91. The van der Waals surface area contributed by atoms with Crippen LogP contribution in [0.2, 0.25) is 0 Å². The Morgan fingerprint density at radius 3 is 2.89 bits per heavy atom. The van der Waals surface area contributed by atoms with E-state index >= 15 is 0 Å². The van der Waals surface area contributed by atoms with Crippen molar-refractivity contribution in [2.45, 2.75) is 39.3 Å². The van der Waals surface area contributed by atoms with Crippen molar-refractivity contribution in [2.24, 2.45) is 0 Å². The van der Waals surface area contributed by atoms with Crippen molar-refractivity contribution in [3.05, 3.63) is 47.9 Å². The van der Waals surface area contributed by atoms with Crippen LogP contribution in [0.3, 0.4) is 0 Å². The van der Waals surface area contributed by atoms with Crippen molar-refractivity contribution < 1.29 is 4.79 Å². The molecule has 0 bridgehead atoms. The van der Waals surface area contributed by atoms with Crippen LogP contribution in [0.15, 0.2) is 36.5 Å². The minimum atomic E-state index is -0.0398. The fourth-order valence-electron chi connectivity index (χ4n) is 4.08. The van der Waals surface area contributed by atoms with Crippen molar-refractivity contribution in [1.82, 2.24) is 29.8 Å². The molecular formula is C21H28N6O. The molecule has 1 atom stereocenters. The van der Waals surface area contributed by atoms with E-state index < -0.39 is 0 Å². The summed E-state index contributed by atoms with van der Waals surface area (Å²) in [6.45, 7) is 8.21. The van der Waals surface area contributed by atoms with E-state index in [0.29, 0.717) is 18.8 Å². The second-order valence-corrected chi connectivity index (χ2v) is 7.47. The maximum atomic E-state index is 12.5. The normalized spacial score (nSPS) is 17.9. The molecule has 3 aromatic rings. The van der Waals surface area contributed by atoms with Gasteiger partial charge in [-0.05, 0) is 50.8 Å². The first kappa shape index (κ1) is 18.7. The van der Waals surface area contributed by atoms with Crippen molar-refractivity contribution in [1.29, 1.82) is 0 Å². The molecule has 1 fully saturated rings. The lowest BCUT2D eigenvalue weighted by atomic mass is 10.1. The molecule has 0 radical (unpaired) electrons. The number of carbonyl (C=O) groups excluding carboxylic acids is 1. The van der Waals surface area contributed by atoms with Crippen LogP contribution in [0.4, 0.5) is 0 Å². The molecule has 4 rings (SSSR count). The number of para-hydroxylation sites is 1. The molecule has 1 aromatic carbocycles. The van der Waals surface area contributed by atoms with Gasteiger partial charge in [-0.25, -0.2) is 4.68 Å². The first-order chi connectivity index (χ1) is 13.7. The Morgan fingerprint density at radius 2 is 2.11 bits per heavy atom. The third-order valence-electron chi connectivity index (χ3n) is 5.61. The number of nitrogens with one attached hydrogen (secondary N) is 1. The van der Waals surface area contributed by atoms with E-state index in [2.05, 4.69) is 50.5 Å². The van der Waals surface area contributed by atoms with E-state index in [9.17, 15) is 4.79 Å². The molecular weight excluding hydrogens is 352 g/mol. The highest BCUT2D eigenvalue weighted by atomic mass is 16.2. The van der Waals surface area contributed by atoms with Gasteiger partial charge in [0.25, 0.3) is 5.91 Å². The summed E-state index contributed by atoms with van der Waals surface area (Å²) in [4.78, 5) is 20.2. The van der Waals surface area contributed by atoms with Crippen LogP contribution in [-0.2, 0) is 6.54 Å². The standard InChI is InChI=1S/C21H28N6O/c1-3-26(4-2)21(28)20-15-27(24-23-20)18-9-7-11-25(14-18)13-17-12-16-8-5-6-10-19(16)22-17/h5-6,8,10,12,15,18,22H,3-4,7,9,11,13-14H2,1-2H3. The van der Waals surface area contributed by atoms with Crippen LogP contribution in [0, 0.1) is 0 Å². The zero-order valence-corrected chi connectivity index (χ0v) is 16.6. The summed E-state index contributed by atoms with van der Waals surface area (Å²) < 4.78 is 1.88. The molecule has 1 N–H and O–H groups in total. The van der Waals surface area contributed by atoms with E-state index in [1.807, 2.05) is 24.7 Å². The number of aromatic nitrogens is 4. The minimum Gasteiger partial charge on any atom is -0.357 e. The lowest BCUT2D eigenvalue weighted by Gasteiger charge is -2.32. The molecule has 1 saturated heterocycles. The average molecular weight is 380 g/mol. The summed E-state index contributed by atoms with van der Waals surface area (Å²) in [5, 5.41) is 9.67. The molecule has 1 amide bonds. The Balaban J connectivity index is 1.43. The molecule has 0 spiro atoms. The molecule has 148 valence electrons. The SMILES string of the molecule is CCN(CC)C(=O)c1cn(C2CCCN(Cc3cc4ccccc4[nH]3)C2)nn1. The number of nitrogens with zero attached hydrogens (tertiary/aromatic N) is 5. The van der Waals surface area contributed by atoms with Gasteiger partial charge >= 0.3 is 0 Å². The zero-order valence-electron chi connectivity index (χ0n) is 16.6. The van der Waals surface area contributed by atoms with Gasteiger partial charge in [0.2, 0.25) is 0 Å². The predicted molar refractivity (Wildman–Crippen MR) is 109 cm³/mol. The number of H-pyrrole nitrogens is 1. The number of hydrogen-bond donors (Lipinski definition) is 1. The number of likely N-dealkylation sites (tertiary alicyclic amines) is 1. The van der Waals surface area contributed by atoms with Gasteiger partial charge in [-0.15, -0.1) is 5.10 Å². The van der Waals surface area contributed by atoms with Gasteiger partial charge in [0, 0.05) is 37.4 Å². The van der Waals surface area contributed by atoms with Gasteiger partial charge in [0.05, 0.1) is 12.2 Å². The second kappa shape index (κ2) is 8.14. The third-order valence-corrected chi connectivity index (χ3v) is 5.61. The number of fused-ring (bicyclic) bond motifs is 1. The molecule has 1 aliphatic rings. The van der Waals surface area contributed by atoms with E-state index in [0.717, 1.165) is 32.5 Å². The number of amides is 1. The molecule has 2 aromatic heterocycles. The van der Waals surface area contributed by atoms with Crippen LogP contribution in [0.5, 0.6) is 0 Å². The topological polar surface area (TPSA) is 70.1 Å². The summed E-state index contributed by atoms with van der Waals surface area (Å²) in [5.41, 5.74) is 2.86. The average Bonchev–Trinajstić information content (AvgIpc) is 3.36. The Kier molecular flexibility index (Phi) is 5.43. The first-order valence-corrected chi connectivity index (χ1v) is 10.2. The van der Waals surface area contributed by atoms with Gasteiger partial charge in [-0.3, -0.25) is 9.69 Å². The third kappa shape index (κ3) is 3.80. The summed E-state index contributed by atoms with van der Waals surface area (Å²) in [7, 11) is 0. The lowest BCUT2D eigenvalue weighted by molar-refractivity contribution is 0.0767. The number of rotatable bonds is 6. The van der Waals surface area contributed by atoms with Crippen LogP contribution in [0.25, 0.3) is 10.9 Å². The predicted octanol–water partition coefficient (Wildman–Crippen LogP) is 3.08. The molecule has 0 saturated carbocycles. The second-order valence-electron chi connectivity index (χ2n) is 7.47. The molecule has 3 heterocycles. The Morgan fingerprint density at radius 1 is 1.29 bits per heavy atom. The van der Waals surface area contributed by atoms with Crippen LogP contribution >= 0.6 is 0 Å². The highest BCUT2D eigenvalue weighted by Crippen LogP contribution is 2.23. The van der Waals surface area contributed by atoms with Crippen molar-refractivity contribution >= 4 is 16.8 Å². The molecule has 7 nitrogen and oxygen atoms in total. The summed E-state index contributed by atoms with van der Waals surface area (Å²) in [6, 6.07) is 10.9. The van der Waals surface area contributed by atoms with Crippen LogP contribution < -0.4 is 0 Å². The maximum absolute atomic E-state index is 12.5. The maximum Gasteiger partial charge on any atom is 0.276 e. The fourth-order valence-corrected chi connectivity index (χ4v) is 4.08. The first-order valence-electron chi connectivity index (χ1n) is 10.2. The van der Waals surface area contributed by atoms with Crippen LogP contribution in [0.1, 0.15) is 48.9 Å². The van der Waals surface area contributed by atoms with Crippen molar-refractivity contribution in [3.8, 4) is 0 Å². The Labute approximate surface area is 165 Å². The van der Waals surface area contributed by atoms with Gasteiger partial charge in [0.15, 0.2) is 5.69 Å². The number of piperidine rings is 1. The number of hydrogen-bond acceptors (Lipinski definition) is 4. The largest absolute Gasteiger partial charge is 0.357 e. The molecule has 7 heteroatoms. The van der Waals surface area contributed by atoms with Crippen molar-refractivity contribution in [2.75, 3.05) is 26.2 Å². The smallest absolute Gasteiger partial charge is 0.276 e. The number of carbonyl (C=O) groups is 1. The highest BCUT2D eigenvalue weighted by Gasteiger charge is 2.24. The summed E-state index contributed by atoms with van der Waals surface area (Å²) >= 11 is 0. The quantitative estimate of drug-likeness (QED) is 0.713. The zero-order chi connectivity index (χ0) is 19.5. The van der Waals surface area contributed by atoms with Gasteiger partial charge in [-0.1, -0.05) is 23.4 Å². The number of benzene rings is 1. The lowest BCUT2D eigenvalue weighted by Crippen LogP contribution is -2.36. The number of aromatic amines is 1. The van der Waals surface area contributed by atoms with E-state index in [4.69, 9.17) is 0 Å². The summed E-state index contributed by atoms with van der Waals surface area (Å²) in [5.74, 6) is -0.0398. The monoisotopic (exact) mass is 380 g/mol. The van der Waals surface area contributed by atoms with Crippen LogP contribution in [-0.4, -0.2) is 61.9 Å². The molecule has 1 unspecified atom stereocenters. The van der Waals surface area contributed by atoms with E-state index in [1.165, 1.54) is 16.6 Å².